The van der Waals surface area contributed by atoms with E-state index in [1.54, 1.807) is 38.3 Å². The molecular weight excluding hydrogens is 392 g/mol. The molecule has 1 unspecified atom stereocenters. The molecule has 6 nitrogen and oxygen atoms in total. The number of rotatable bonds is 7. The Labute approximate surface area is 181 Å². The number of amides is 2. The molecule has 2 amide bonds. The summed E-state index contributed by atoms with van der Waals surface area (Å²) >= 11 is 0. The first-order valence-electron chi connectivity index (χ1n) is 9.96. The second-order valence-electron chi connectivity index (χ2n) is 7.43. The minimum Gasteiger partial charge on any atom is -0.497 e. The Bertz CT molecular complexity index is 1010. The number of nitrogens with one attached hydrogen (secondary N) is 2. The van der Waals surface area contributed by atoms with Crippen LogP contribution in [0.3, 0.4) is 0 Å². The smallest absolute Gasteiger partial charge is 0.309 e. The molecule has 0 heterocycles. The molecule has 0 radical (unpaired) electrons. The number of methoxy groups -OCH3 is 1. The average Bonchev–Trinajstić information content (AvgIpc) is 2.82. The van der Waals surface area contributed by atoms with Gasteiger partial charge in [-0.25, -0.2) is 0 Å². The lowest BCUT2D eigenvalue weighted by Crippen LogP contribution is -2.45. The molecule has 1 atom stereocenters. The monoisotopic (exact) mass is 418 g/mol. The van der Waals surface area contributed by atoms with Crippen molar-refractivity contribution < 1.29 is 19.4 Å². The molecule has 0 aliphatic carbocycles. The molecule has 0 saturated heterocycles. The van der Waals surface area contributed by atoms with Crippen LogP contribution >= 0.6 is 0 Å². The SMILES string of the molecule is COc1ccc(CNC(=O)C(=O)NCC(C)(O)c2ccc(-c3ccccc3)cc2)cc1. The number of hydrogen-bond donors (Lipinski definition) is 3. The molecule has 6 heteroatoms. The zero-order valence-corrected chi connectivity index (χ0v) is 17.6. The van der Waals surface area contributed by atoms with Crippen molar-refractivity contribution >= 4 is 11.8 Å². The first-order valence-corrected chi connectivity index (χ1v) is 9.96. The highest BCUT2D eigenvalue weighted by Crippen LogP contribution is 2.24. The van der Waals surface area contributed by atoms with Gasteiger partial charge in [0.25, 0.3) is 0 Å². The Balaban J connectivity index is 1.52. The molecule has 0 spiro atoms. The summed E-state index contributed by atoms with van der Waals surface area (Å²) in [6.45, 7) is 1.72. The quantitative estimate of drug-likeness (QED) is 0.515. The van der Waals surface area contributed by atoms with Crippen molar-refractivity contribution in [1.82, 2.24) is 10.6 Å². The van der Waals surface area contributed by atoms with Crippen LogP contribution in [-0.4, -0.2) is 30.6 Å². The molecule has 0 bridgehead atoms. The van der Waals surface area contributed by atoms with E-state index in [-0.39, 0.29) is 13.1 Å². The minimum absolute atomic E-state index is 0.0908. The maximum atomic E-state index is 12.1. The summed E-state index contributed by atoms with van der Waals surface area (Å²) in [7, 11) is 1.58. The maximum absolute atomic E-state index is 12.1. The van der Waals surface area contributed by atoms with Crippen LogP contribution in [0.2, 0.25) is 0 Å². The van der Waals surface area contributed by atoms with E-state index >= 15 is 0 Å². The number of carbonyl (C=O) groups is 2. The van der Waals surface area contributed by atoms with Crippen LogP contribution in [0.25, 0.3) is 11.1 Å². The third kappa shape index (κ3) is 5.93. The number of benzene rings is 3. The lowest BCUT2D eigenvalue weighted by atomic mass is 9.93. The number of ether oxygens (including phenoxy) is 1. The molecule has 0 aromatic heterocycles. The van der Waals surface area contributed by atoms with Gasteiger partial charge in [0.1, 0.15) is 11.4 Å². The molecule has 160 valence electrons. The number of carbonyl (C=O) groups excluding carboxylic acids is 2. The van der Waals surface area contributed by atoms with Crippen molar-refractivity contribution in [3.63, 3.8) is 0 Å². The normalized spacial score (nSPS) is 12.5. The van der Waals surface area contributed by atoms with E-state index in [0.29, 0.717) is 11.3 Å². The van der Waals surface area contributed by atoms with E-state index in [1.165, 1.54) is 0 Å². The van der Waals surface area contributed by atoms with Crippen LogP contribution in [0.1, 0.15) is 18.1 Å². The van der Waals surface area contributed by atoms with Crippen LogP contribution < -0.4 is 15.4 Å². The van der Waals surface area contributed by atoms with E-state index in [9.17, 15) is 14.7 Å². The lowest BCUT2D eigenvalue weighted by Gasteiger charge is -2.24. The fraction of sp³-hybridized carbons (Fsp3) is 0.200. The van der Waals surface area contributed by atoms with Gasteiger partial charge < -0.3 is 20.5 Å². The Morgan fingerprint density at radius 1 is 0.839 bits per heavy atom. The van der Waals surface area contributed by atoms with Gasteiger partial charge in [-0.05, 0) is 41.3 Å². The van der Waals surface area contributed by atoms with Gasteiger partial charge in [-0.15, -0.1) is 0 Å². The van der Waals surface area contributed by atoms with Gasteiger partial charge in [0.15, 0.2) is 0 Å². The van der Waals surface area contributed by atoms with Crippen molar-refractivity contribution in [3.8, 4) is 16.9 Å². The van der Waals surface area contributed by atoms with Gasteiger partial charge in [-0.3, -0.25) is 9.59 Å². The molecule has 0 aliphatic heterocycles. The standard InChI is InChI=1S/C25H26N2O4/c1-25(30,21-12-10-20(11-13-21)19-6-4-3-5-7-19)17-27-24(29)23(28)26-16-18-8-14-22(31-2)15-9-18/h3-15,30H,16-17H2,1-2H3,(H,26,28)(H,27,29). The van der Waals surface area contributed by atoms with Crippen molar-refractivity contribution in [1.29, 1.82) is 0 Å². The summed E-state index contributed by atoms with van der Waals surface area (Å²) in [5.41, 5.74) is 2.28. The van der Waals surface area contributed by atoms with Gasteiger partial charge >= 0.3 is 11.8 Å². The fourth-order valence-electron chi connectivity index (χ4n) is 3.09. The van der Waals surface area contributed by atoms with Crippen LogP contribution in [0, 0.1) is 0 Å². The van der Waals surface area contributed by atoms with Crippen molar-refractivity contribution in [2.24, 2.45) is 0 Å². The van der Waals surface area contributed by atoms with Gasteiger partial charge in [0, 0.05) is 6.54 Å². The van der Waals surface area contributed by atoms with Crippen LogP contribution in [0.5, 0.6) is 5.75 Å². The van der Waals surface area contributed by atoms with E-state index in [4.69, 9.17) is 4.74 Å². The summed E-state index contributed by atoms with van der Waals surface area (Å²) < 4.78 is 5.09. The lowest BCUT2D eigenvalue weighted by molar-refractivity contribution is -0.139. The minimum atomic E-state index is -1.32. The summed E-state index contributed by atoms with van der Waals surface area (Å²) in [5.74, 6) is -0.840. The van der Waals surface area contributed by atoms with Gasteiger partial charge in [-0.1, -0.05) is 66.7 Å². The predicted octanol–water partition coefficient (Wildman–Crippen LogP) is 3.00. The molecule has 0 fully saturated rings. The third-order valence-corrected chi connectivity index (χ3v) is 5.03. The topological polar surface area (TPSA) is 87.7 Å². The van der Waals surface area contributed by atoms with Crippen LogP contribution in [0.15, 0.2) is 78.9 Å². The highest BCUT2D eigenvalue weighted by Gasteiger charge is 2.25. The van der Waals surface area contributed by atoms with Gasteiger partial charge in [-0.2, -0.15) is 0 Å². The molecule has 3 aromatic rings. The van der Waals surface area contributed by atoms with Crippen molar-refractivity contribution in [2.45, 2.75) is 19.1 Å². The molecule has 3 aromatic carbocycles. The Hall–Kier alpha value is -3.64. The zero-order chi connectivity index (χ0) is 22.3. The van der Waals surface area contributed by atoms with E-state index in [2.05, 4.69) is 10.6 Å². The van der Waals surface area contributed by atoms with Crippen molar-refractivity contribution in [2.75, 3.05) is 13.7 Å². The fourth-order valence-corrected chi connectivity index (χ4v) is 3.09. The van der Waals surface area contributed by atoms with Gasteiger partial charge in [0.2, 0.25) is 0 Å². The highest BCUT2D eigenvalue weighted by molar-refractivity contribution is 6.35. The average molecular weight is 418 g/mol. The second-order valence-corrected chi connectivity index (χ2v) is 7.43. The summed E-state index contributed by atoms with van der Waals surface area (Å²) in [6, 6.07) is 24.6. The summed E-state index contributed by atoms with van der Waals surface area (Å²) in [4.78, 5) is 24.2. The van der Waals surface area contributed by atoms with Gasteiger partial charge in [0.05, 0.1) is 13.7 Å². The van der Waals surface area contributed by atoms with E-state index in [1.807, 2.05) is 54.6 Å². The Kier molecular flexibility index (Phi) is 7.05. The Morgan fingerprint density at radius 3 is 2.03 bits per heavy atom. The first-order chi connectivity index (χ1) is 14.9. The molecule has 31 heavy (non-hydrogen) atoms. The molecule has 0 aliphatic rings. The third-order valence-electron chi connectivity index (χ3n) is 5.03. The number of aliphatic hydroxyl groups is 1. The summed E-state index contributed by atoms with van der Waals surface area (Å²) in [5, 5.41) is 15.8. The zero-order valence-electron chi connectivity index (χ0n) is 17.6. The predicted molar refractivity (Wildman–Crippen MR) is 119 cm³/mol. The van der Waals surface area contributed by atoms with Crippen LogP contribution in [0.4, 0.5) is 0 Å². The molecular formula is C25H26N2O4. The maximum Gasteiger partial charge on any atom is 0.309 e. The largest absolute Gasteiger partial charge is 0.497 e. The summed E-state index contributed by atoms with van der Waals surface area (Å²) in [6.07, 6.45) is 0. The molecule has 3 rings (SSSR count). The molecule has 3 N–H and O–H groups in total. The Morgan fingerprint density at radius 2 is 1.42 bits per heavy atom. The number of hydrogen-bond acceptors (Lipinski definition) is 4. The molecule has 0 saturated carbocycles. The van der Waals surface area contributed by atoms with E-state index < -0.39 is 17.4 Å². The highest BCUT2D eigenvalue weighted by atomic mass is 16.5. The van der Waals surface area contributed by atoms with Crippen molar-refractivity contribution in [3.05, 3.63) is 90.0 Å². The second kappa shape index (κ2) is 9.91. The first kappa shape index (κ1) is 22.1. The van der Waals surface area contributed by atoms with E-state index in [0.717, 1.165) is 16.7 Å². The van der Waals surface area contributed by atoms with Crippen LogP contribution in [-0.2, 0) is 21.7 Å².